The van der Waals surface area contributed by atoms with Crippen molar-refractivity contribution in [1.29, 1.82) is 0 Å². The summed E-state index contributed by atoms with van der Waals surface area (Å²) >= 11 is 5.51. The first-order valence-corrected chi connectivity index (χ1v) is 14.0. The molecule has 1 aliphatic heterocycles. The third-order valence-electron chi connectivity index (χ3n) is 8.26. The van der Waals surface area contributed by atoms with Crippen molar-refractivity contribution in [2.75, 3.05) is 13.7 Å². The van der Waals surface area contributed by atoms with E-state index < -0.39 is 0 Å². The molecule has 0 spiro atoms. The number of benzene rings is 1. The Morgan fingerprint density at radius 1 is 1.23 bits per heavy atom. The van der Waals surface area contributed by atoms with Crippen LogP contribution >= 0.6 is 27.3 Å². The molecule has 0 unspecified atom stereocenters. The molecule has 2 bridgehead atoms. The maximum atomic E-state index is 13.5. The van der Waals surface area contributed by atoms with E-state index in [9.17, 15) is 4.79 Å². The van der Waals surface area contributed by atoms with Crippen molar-refractivity contribution in [2.24, 2.45) is 24.6 Å². The zero-order chi connectivity index (χ0) is 24.0. The number of hydrogen-bond acceptors (Lipinski definition) is 5. The third kappa shape index (κ3) is 3.24. The molecule has 4 heterocycles. The molecule has 35 heavy (non-hydrogen) atoms. The van der Waals surface area contributed by atoms with Gasteiger partial charge in [-0.2, -0.15) is 0 Å². The highest BCUT2D eigenvalue weighted by molar-refractivity contribution is 9.10. The molecule has 1 amide bonds. The van der Waals surface area contributed by atoms with Gasteiger partial charge >= 0.3 is 0 Å². The van der Waals surface area contributed by atoms with Gasteiger partial charge in [0.2, 0.25) is 0 Å². The zero-order valence-electron chi connectivity index (χ0n) is 19.8. The van der Waals surface area contributed by atoms with Crippen molar-refractivity contribution in [3.8, 4) is 17.3 Å². The summed E-state index contributed by atoms with van der Waals surface area (Å²) in [5, 5.41) is 2.16. The normalized spacial score (nSPS) is 23.8. The summed E-state index contributed by atoms with van der Waals surface area (Å²) in [6.45, 7) is 1.74. The number of aryl methyl sites for hydroxylation is 1. The SMILES string of the molecule is COc1cc(C(=O)N2C[C@H]3CC[C@@H]2[C@@H]3N)cc2nc(-c3cc4scc(Br)c4n3CC3CC3)n(C)c12. The topological polar surface area (TPSA) is 78.3 Å². The van der Waals surface area contributed by atoms with Crippen LogP contribution in [0.4, 0.5) is 0 Å². The third-order valence-corrected chi connectivity index (χ3v) is 10.1. The molecular formula is C26H28BrN5O2S. The van der Waals surface area contributed by atoms with E-state index in [0.29, 0.717) is 17.2 Å². The summed E-state index contributed by atoms with van der Waals surface area (Å²) in [4.78, 5) is 20.6. The number of rotatable bonds is 5. The molecule has 4 aromatic rings. The predicted octanol–water partition coefficient (Wildman–Crippen LogP) is 5.00. The molecule has 9 heteroatoms. The largest absolute Gasteiger partial charge is 0.494 e. The molecule has 2 N–H and O–H groups in total. The first-order valence-electron chi connectivity index (χ1n) is 12.3. The maximum absolute atomic E-state index is 13.5. The van der Waals surface area contributed by atoms with Crippen LogP contribution < -0.4 is 10.5 Å². The van der Waals surface area contributed by atoms with Crippen LogP contribution in [0.5, 0.6) is 5.75 Å². The van der Waals surface area contributed by atoms with Crippen LogP contribution in [0, 0.1) is 11.8 Å². The number of fused-ring (bicyclic) bond motifs is 4. The number of likely N-dealkylation sites (tertiary alicyclic amines) is 1. The van der Waals surface area contributed by atoms with Gasteiger partial charge in [0, 0.05) is 43.2 Å². The van der Waals surface area contributed by atoms with Gasteiger partial charge in [-0.3, -0.25) is 4.79 Å². The van der Waals surface area contributed by atoms with Gasteiger partial charge in [-0.25, -0.2) is 4.98 Å². The van der Waals surface area contributed by atoms with Gasteiger partial charge in [-0.1, -0.05) is 0 Å². The number of thiophene rings is 1. The van der Waals surface area contributed by atoms with E-state index in [1.54, 1.807) is 18.4 Å². The van der Waals surface area contributed by atoms with E-state index in [4.69, 9.17) is 15.5 Å². The van der Waals surface area contributed by atoms with Crippen LogP contribution in [-0.2, 0) is 13.6 Å². The minimum atomic E-state index is 0.0293. The standard InChI is InChI=1S/C26H28BrN5O2S/c1-30-24-17(7-15(8-20(24)34-2)26(33)32-11-14-5-6-18(32)22(14)28)29-25(30)19-9-21-23(16(27)12-35-21)31(19)10-13-3-4-13/h7-9,12-14,18,22H,3-6,10-11,28H2,1-2H3/t14-,18-,22-/m1/s1. The predicted molar refractivity (Wildman–Crippen MR) is 142 cm³/mol. The summed E-state index contributed by atoms with van der Waals surface area (Å²) in [6.07, 6.45) is 4.68. The van der Waals surface area contributed by atoms with E-state index >= 15 is 0 Å². The number of nitrogens with zero attached hydrogens (tertiary/aromatic N) is 4. The summed E-state index contributed by atoms with van der Waals surface area (Å²) < 4.78 is 12.7. The quantitative estimate of drug-likeness (QED) is 0.377. The second-order valence-corrected chi connectivity index (χ2v) is 12.1. The van der Waals surface area contributed by atoms with E-state index in [0.717, 1.165) is 58.9 Å². The zero-order valence-corrected chi connectivity index (χ0v) is 22.2. The molecule has 182 valence electrons. The maximum Gasteiger partial charge on any atom is 0.254 e. The van der Waals surface area contributed by atoms with E-state index in [-0.39, 0.29) is 18.0 Å². The van der Waals surface area contributed by atoms with Crippen LogP contribution in [0.2, 0.25) is 0 Å². The molecule has 1 saturated heterocycles. The molecule has 0 radical (unpaired) electrons. The van der Waals surface area contributed by atoms with Crippen LogP contribution in [-0.4, -0.2) is 50.7 Å². The second-order valence-electron chi connectivity index (χ2n) is 10.4. The van der Waals surface area contributed by atoms with Crippen molar-refractivity contribution >= 4 is 54.4 Å². The van der Waals surface area contributed by atoms with Gasteiger partial charge in [0.25, 0.3) is 5.91 Å². The molecule has 1 aromatic carbocycles. The minimum Gasteiger partial charge on any atom is -0.494 e. The second kappa shape index (κ2) is 7.82. The molecule has 3 atom stereocenters. The Kier molecular flexibility index (Phi) is 4.89. The Morgan fingerprint density at radius 2 is 2.06 bits per heavy atom. The summed E-state index contributed by atoms with van der Waals surface area (Å²) in [6, 6.07) is 6.28. The molecule has 3 aliphatic rings. The lowest BCUT2D eigenvalue weighted by molar-refractivity contribution is 0.0700. The smallest absolute Gasteiger partial charge is 0.254 e. The number of nitrogens with two attached hydrogens (primary N) is 1. The molecule has 2 saturated carbocycles. The lowest BCUT2D eigenvalue weighted by atomic mass is 10.1. The molecule has 3 fully saturated rings. The van der Waals surface area contributed by atoms with Crippen LogP contribution in [0.3, 0.4) is 0 Å². The number of carbonyl (C=O) groups excluding carboxylic acids is 1. The number of aromatic nitrogens is 3. The number of carbonyl (C=O) groups is 1. The van der Waals surface area contributed by atoms with Gasteiger partial charge in [0.1, 0.15) is 11.3 Å². The van der Waals surface area contributed by atoms with Gasteiger partial charge in [-0.15, -0.1) is 11.3 Å². The highest BCUT2D eigenvalue weighted by Gasteiger charge is 2.47. The Morgan fingerprint density at radius 3 is 2.74 bits per heavy atom. The lowest BCUT2D eigenvalue weighted by Gasteiger charge is -2.27. The van der Waals surface area contributed by atoms with E-state index in [1.165, 1.54) is 23.1 Å². The number of methoxy groups -OCH3 is 1. The Hall–Kier alpha value is -2.36. The minimum absolute atomic E-state index is 0.0293. The van der Waals surface area contributed by atoms with Crippen LogP contribution in [0.1, 0.15) is 36.0 Å². The lowest BCUT2D eigenvalue weighted by Crippen LogP contribution is -2.41. The average molecular weight is 555 g/mol. The van der Waals surface area contributed by atoms with Gasteiger partial charge < -0.3 is 24.5 Å². The first kappa shape index (κ1) is 21.9. The van der Waals surface area contributed by atoms with E-state index in [1.807, 2.05) is 24.1 Å². The first-order chi connectivity index (χ1) is 16.9. The molecule has 7 nitrogen and oxygen atoms in total. The summed E-state index contributed by atoms with van der Waals surface area (Å²) in [5.41, 5.74) is 11.0. The van der Waals surface area contributed by atoms with Crippen molar-refractivity contribution in [1.82, 2.24) is 19.0 Å². The van der Waals surface area contributed by atoms with Crippen molar-refractivity contribution in [2.45, 2.75) is 44.3 Å². The van der Waals surface area contributed by atoms with Crippen molar-refractivity contribution in [3.63, 3.8) is 0 Å². The summed E-state index contributed by atoms with van der Waals surface area (Å²) in [7, 11) is 3.69. The Labute approximate surface area is 216 Å². The van der Waals surface area contributed by atoms with Crippen molar-refractivity contribution in [3.05, 3.63) is 33.6 Å². The van der Waals surface area contributed by atoms with Gasteiger partial charge in [0.15, 0.2) is 5.82 Å². The summed E-state index contributed by atoms with van der Waals surface area (Å²) in [5.74, 6) is 2.74. The number of amides is 1. The van der Waals surface area contributed by atoms with Crippen LogP contribution in [0.25, 0.3) is 32.8 Å². The molecule has 2 aliphatic carbocycles. The Bertz CT molecular complexity index is 1500. The highest BCUT2D eigenvalue weighted by atomic mass is 79.9. The highest BCUT2D eigenvalue weighted by Crippen LogP contribution is 2.42. The van der Waals surface area contributed by atoms with Crippen LogP contribution in [0.15, 0.2) is 28.1 Å². The molecule has 7 rings (SSSR count). The van der Waals surface area contributed by atoms with Gasteiger partial charge in [0.05, 0.1) is 33.0 Å². The van der Waals surface area contributed by atoms with Gasteiger partial charge in [-0.05, 0) is 71.6 Å². The fraction of sp³-hybridized carbons (Fsp3) is 0.462. The number of halogens is 1. The van der Waals surface area contributed by atoms with E-state index in [2.05, 4.69) is 36.5 Å². The van der Waals surface area contributed by atoms with Crippen molar-refractivity contribution < 1.29 is 9.53 Å². The number of ether oxygens (including phenoxy) is 1. The molecular weight excluding hydrogens is 526 g/mol. The fourth-order valence-electron chi connectivity index (χ4n) is 6.23. The number of piperidine rings is 1. The number of hydrogen-bond donors (Lipinski definition) is 1. The Balaban J connectivity index is 1.35. The number of imidazole rings is 1. The molecule has 3 aromatic heterocycles. The average Bonchev–Trinajstić information content (AvgIpc) is 3.08. The monoisotopic (exact) mass is 553 g/mol. The fourth-order valence-corrected chi connectivity index (χ4v) is 7.92.